The van der Waals surface area contributed by atoms with Crippen LogP contribution in [0.3, 0.4) is 0 Å². The van der Waals surface area contributed by atoms with Gasteiger partial charge < -0.3 is 5.73 Å². The van der Waals surface area contributed by atoms with Gasteiger partial charge in [0.2, 0.25) is 0 Å². The van der Waals surface area contributed by atoms with Gasteiger partial charge in [-0.05, 0) is 36.6 Å². The Morgan fingerprint density at radius 1 is 1.19 bits per heavy atom. The Balaban J connectivity index is 2.50. The van der Waals surface area contributed by atoms with Crippen molar-refractivity contribution in [2.45, 2.75) is 25.2 Å². The molecule has 0 radical (unpaired) electrons. The molecule has 6 heteroatoms. The monoisotopic (exact) mass is 308 g/mol. The normalized spacial score (nSPS) is 11.4. The van der Waals surface area contributed by atoms with Crippen LogP contribution in [0.5, 0.6) is 0 Å². The fraction of sp³-hybridized carbons (Fsp3) is 0.200. The Kier molecular flexibility index (Phi) is 4.18. The second kappa shape index (κ2) is 5.73. The van der Waals surface area contributed by atoms with Crippen LogP contribution in [0.2, 0.25) is 0 Å². The van der Waals surface area contributed by atoms with Crippen LogP contribution in [-0.4, -0.2) is 8.42 Å². The third-order valence-electron chi connectivity index (χ3n) is 3.28. The zero-order chi connectivity index (χ0) is 15.6. The molecule has 0 atom stereocenters. The quantitative estimate of drug-likeness (QED) is 0.853. The van der Waals surface area contributed by atoms with Crippen LogP contribution in [0, 0.1) is 12.7 Å². The maximum Gasteiger partial charge on any atom is 0.264 e. The summed E-state index contributed by atoms with van der Waals surface area (Å²) >= 11 is 0. The van der Waals surface area contributed by atoms with Crippen molar-refractivity contribution in [3.63, 3.8) is 0 Å². The molecule has 0 aliphatic carbocycles. The van der Waals surface area contributed by atoms with E-state index in [0.29, 0.717) is 12.1 Å². The number of hydrogen-bond acceptors (Lipinski definition) is 3. The van der Waals surface area contributed by atoms with Gasteiger partial charge in [0.15, 0.2) is 0 Å². The van der Waals surface area contributed by atoms with E-state index in [9.17, 15) is 12.8 Å². The van der Waals surface area contributed by atoms with Crippen molar-refractivity contribution in [3.8, 4) is 0 Å². The number of sulfonamides is 1. The average molecular weight is 308 g/mol. The van der Waals surface area contributed by atoms with Gasteiger partial charge >= 0.3 is 0 Å². The molecule has 3 N–H and O–H groups in total. The molecular formula is C15H17FN2O2S. The predicted octanol–water partition coefficient (Wildman–Crippen LogP) is 3.08. The van der Waals surface area contributed by atoms with E-state index in [-0.39, 0.29) is 10.6 Å². The SMILES string of the molecule is CCc1cccc(C)c1NS(=O)(=O)c1cccc(F)c1N. The molecule has 112 valence electrons. The van der Waals surface area contributed by atoms with E-state index in [0.717, 1.165) is 17.2 Å². The van der Waals surface area contributed by atoms with Crippen LogP contribution < -0.4 is 10.5 Å². The fourth-order valence-corrected chi connectivity index (χ4v) is 3.43. The highest BCUT2D eigenvalue weighted by Gasteiger charge is 2.21. The van der Waals surface area contributed by atoms with Gasteiger partial charge in [0, 0.05) is 0 Å². The van der Waals surface area contributed by atoms with E-state index in [1.165, 1.54) is 12.1 Å². The summed E-state index contributed by atoms with van der Waals surface area (Å²) < 4.78 is 40.8. The van der Waals surface area contributed by atoms with Crippen LogP contribution in [0.1, 0.15) is 18.1 Å². The van der Waals surface area contributed by atoms with Crippen molar-refractivity contribution < 1.29 is 12.8 Å². The maximum absolute atomic E-state index is 13.5. The zero-order valence-corrected chi connectivity index (χ0v) is 12.7. The first kappa shape index (κ1) is 15.3. The minimum Gasteiger partial charge on any atom is -0.395 e. The minimum absolute atomic E-state index is 0.257. The molecule has 0 aromatic heterocycles. The van der Waals surface area contributed by atoms with Crippen molar-refractivity contribution in [2.75, 3.05) is 10.5 Å². The predicted molar refractivity (Wildman–Crippen MR) is 82.2 cm³/mol. The summed E-state index contributed by atoms with van der Waals surface area (Å²) in [5.74, 6) is -0.752. The van der Waals surface area contributed by atoms with Gasteiger partial charge in [-0.2, -0.15) is 0 Å². The number of hydrogen-bond donors (Lipinski definition) is 2. The summed E-state index contributed by atoms with van der Waals surface area (Å²) in [6, 6.07) is 9.25. The molecule has 0 heterocycles. The van der Waals surface area contributed by atoms with Crippen LogP contribution in [-0.2, 0) is 16.4 Å². The molecule has 0 bridgehead atoms. The van der Waals surface area contributed by atoms with Gasteiger partial charge in [-0.15, -0.1) is 0 Å². The molecule has 0 aliphatic heterocycles. The Bertz CT molecular complexity index is 773. The molecule has 0 saturated carbocycles. The highest BCUT2D eigenvalue weighted by atomic mass is 32.2. The molecule has 21 heavy (non-hydrogen) atoms. The molecule has 0 amide bonds. The number of benzene rings is 2. The number of nitrogens with two attached hydrogens (primary N) is 1. The van der Waals surface area contributed by atoms with Crippen molar-refractivity contribution in [1.82, 2.24) is 0 Å². The number of nitrogens with one attached hydrogen (secondary N) is 1. The van der Waals surface area contributed by atoms with Crippen molar-refractivity contribution in [1.29, 1.82) is 0 Å². The summed E-state index contributed by atoms with van der Waals surface area (Å²) in [5, 5.41) is 0. The van der Waals surface area contributed by atoms with E-state index >= 15 is 0 Å². The third-order valence-corrected chi connectivity index (χ3v) is 4.69. The second-order valence-corrected chi connectivity index (χ2v) is 6.37. The van der Waals surface area contributed by atoms with Gasteiger partial charge in [-0.25, -0.2) is 12.8 Å². The summed E-state index contributed by atoms with van der Waals surface area (Å²) in [5.41, 5.74) is 7.34. The lowest BCUT2D eigenvalue weighted by molar-refractivity contribution is 0.597. The van der Waals surface area contributed by atoms with Gasteiger partial charge in [-0.1, -0.05) is 31.2 Å². The topological polar surface area (TPSA) is 72.2 Å². The lowest BCUT2D eigenvalue weighted by atomic mass is 10.1. The van der Waals surface area contributed by atoms with Crippen LogP contribution in [0.15, 0.2) is 41.3 Å². The van der Waals surface area contributed by atoms with Crippen LogP contribution in [0.25, 0.3) is 0 Å². The first-order chi connectivity index (χ1) is 9.86. The Labute approximate surface area is 123 Å². The van der Waals surface area contributed by atoms with E-state index in [2.05, 4.69) is 4.72 Å². The standard InChI is InChI=1S/C15H17FN2O2S/c1-3-11-7-4-6-10(2)15(11)18-21(19,20)13-9-5-8-12(16)14(13)17/h4-9,18H,3,17H2,1-2H3. The largest absolute Gasteiger partial charge is 0.395 e. The second-order valence-electron chi connectivity index (χ2n) is 4.72. The summed E-state index contributed by atoms with van der Waals surface area (Å²) in [6.45, 7) is 3.75. The average Bonchev–Trinajstić information content (AvgIpc) is 2.43. The van der Waals surface area contributed by atoms with Crippen molar-refractivity contribution in [2.24, 2.45) is 0 Å². The Morgan fingerprint density at radius 3 is 2.52 bits per heavy atom. The summed E-state index contributed by atoms with van der Waals surface area (Å²) in [4.78, 5) is -0.257. The van der Waals surface area contributed by atoms with E-state index in [1.54, 1.807) is 0 Å². The first-order valence-electron chi connectivity index (χ1n) is 6.52. The molecule has 0 saturated heterocycles. The lowest BCUT2D eigenvalue weighted by Gasteiger charge is -2.15. The summed E-state index contributed by atoms with van der Waals surface area (Å²) in [6.07, 6.45) is 0.679. The van der Waals surface area contributed by atoms with E-state index < -0.39 is 15.8 Å². The van der Waals surface area contributed by atoms with Crippen molar-refractivity contribution >= 4 is 21.4 Å². The van der Waals surface area contributed by atoms with Gasteiger partial charge in [0.25, 0.3) is 10.0 Å². The number of anilines is 2. The zero-order valence-electron chi connectivity index (χ0n) is 11.9. The number of rotatable bonds is 4. The highest BCUT2D eigenvalue weighted by molar-refractivity contribution is 7.92. The molecule has 4 nitrogen and oxygen atoms in total. The highest BCUT2D eigenvalue weighted by Crippen LogP contribution is 2.27. The molecule has 0 unspecified atom stereocenters. The van der Waals surface area contributed by atoms with E-state index in [4.69, 9.17) is 5.73 Å². The number of para-hydroxylation sites is 2. The van der Waals surface area contributed by atoms with Crippen molar-refractivity contribution in [3.05, 3.63) is 53.3 Å². The van der Waals surface area contributed by atoms with Crippen LogP contribution in [0.4, 0.5) is 15.8 Å². The van der Waals surface area contributed by atoms with Crippen LogP contribution >= 0.6 is 0 Å². The van der Waals surface area contributed by atoms with E-state index in [1.807, 2.05) is 32.0 Å². The molecular weight excluding hydrogens is 291 g/mol. The molecule has 2 rings (SSSR count). The van der Waals surface area contributed by atoms with Gasteiger partial charge in [-0.3, -0.25) is 4.72 Å². The number of aryl methyl sites for hydroxylation is 2. The molecule has 0 fully saturated rings. The molecule has 0 aliphatic rings. The smallest absolute Gasteiger partial charge is 0.264 e. The number of nitrogen functional groups attached to an aromatic ring is 1. The number of halogens is 1. The van der Waals surface area contributed by atoms with Gasteiger partial charge in [0.1, 0.15) is 10.7 Å². The minimum atomic E-state index is -3.94. The fourth-order valence-electron chi connectivity index (χ4n) is 2.11. The summed E-state index contributed by atoms with van der Waals surface area (Å²) in [7, 11) is -3.94. The Hall–Kier alpha value is -2.08. The maximum atomic E-state index is 13.5. The lowest BCUT2D eigenvalue weighted by Crippen LogP contribution is -2.17. The van der Waals surface area contributed by atoms with Gasteiger partial charge in [0.05, 0.1) is 11.4 Å². The molecule has 0 spiro atoms. The molecule has 2 aromatic rings. The Morgan fingerprint density at radius 2 is 1.86 bits per heavy atom. The first-order valence-corrected chi connectivity index (χ1v) is 8.00. The third kappa shape index (κ3) is 3.00. The molecule has 2 aromatic carbocycles.